The van der Waals surface area contributed by atoms with Crippen LogP contribution in [0, 0.1) is 0 Å². The molecule has 0 radical (unpaired) electrons. The molecule has 1 aromatic heterocycles. The Morgan fingerprint density at radius 1 is 1.00 bits per heavy atom. The third kappa shape index (κ3) is 4.53. The van der Waals surface area contributed by atoms with Crippen molar-refractivity contribution in [3.05, 3.63) is 89.2 Å². The summed E-state index contributed by atoms with van der Waals surface area (Å²) in [4.78, 5) is 0.393. The topological polar surface area (TPSA) is 45.4 Å². The zero-order valence-corrected chi connectivity index (χ0v) is 17.0. The Hall–Kier alpha value is -2.70. The summed E-state index contributed by atoms with van der Waals surface area (Å²) in [7, 11) is 1.62. The second-order valence-corrected chi connectivity index (χ2v) is 6.91. The molecule has 0 saturated carbocycles. The van der Waals surface area contributed by atoms with Crippen molar-refractivity contribution in [1.29, 1.82) is 0 Å². The number of nitrogens with one attached hydrogen (secondary N) is 1. The second-order valence-electron chi connectivity index (χ2n) is 5.64. The Labute approximate surface area is 171 Å². The van der Waals surface area contributed by atoms with Gasteiger partial charge in [-0.25, -0.2) is 0 Å². The lowest BCUT2D eigenvalue weighted by Gasteiger charge is -2.11. The van der Waals surface area contributed by atoms with Crippen LogP contribution in [0.1, 0.15) is 5.56 Å². The zero-order valence-electron chi connectivity index (χ0n) is 14.6. The van der Waals surface area contributed by atoms with Crippen molar-refractivity contribution in [1.82, 2.24) is 0 Å². The number of nitrogens with zero attached hydrogens (tertiary/aromatic N) is 1. The Morgan fingerprint density at radius 2 is 1.67 bits per heavy atom. The predicted octanol–water partition coefficient (Wildman–Crippen LogP) is 5.07. The molecule has 0 aliphatic carbocycles. The molecule has 0 amide bonds. The van der Waals surface area contributed by atoms with E-state index in [1.807, 2.05) is 79.1 Å². The van der Waals surface area contributed by atoms with Gasteiger partial charge in [-0.2, -0.15) is 4.57 Å². The number of rotatable bonds is 5. The number of hydrogen-bond donors (Lipinski definition) is 2. The van der Waals surface area contributed by atoms with Crippen LogP contribution in [0.2, 0.25) is 0 Å². The van der Waals surface area contributed by atoms with Crippen molar-refractivity contribution in [2.45, 2.75) is 0 Å². The van der Waals surface area contributed by atoms with Crippen LogP contribution in [-0.4, -0.2) is 17.2 Å². The number of halogens is 1. The van der Waals surface area contributed by atoms with E-state index in [2.05, 4.69) is 21.2 Å². The molecule has 0 aliphatic heterocycles. The number of hydrogen-bond acceptors (Lipinski definition) is 3. The highest BCUT2D eigenvalue weighted by Gasteiger charge is 2.24. The first-order chi connectivity index (χ1) is 13.1. The zero-order chi connectivity index (χ0) is 19.2. The summed E-state index contributed by atoms with van der Waals surface area (Å²) in [6.45, 7) is 0. The smallest absolute Gasteiger partial charge is 0.288 e. The number of aliphatic hydroxyl groups is 1. The number of thiocarbonyl (C=S) groups is 1. The highest BCUT2D eigenvalue weighted by molar-refractivity contribution is 9.10. The molecule has 6 heteroatoms. The van der Waals surface area contributed by atoms with Crippen molar-refractivity contribution in [2.75, 3.05) is 12.4 Å². The highest BCUT2D eigenvalue weighted by atomic mass is 79.9. The lowest BCUT2D eigenvalue weighted by atomic mass is 10.1. The molecule has 0 bridgehead atoms. The quantitative estimate of drug-likeness (QED) is 0.251. The lowest BCUT2D eigenvalue weighted by molar-refractivity contribution is -0.575. The average molecular weight is 442 g/mol. The maximum atomic E-state index is 11.0. The Balaban J connectivity index is 2.03. The van der Waals surface area contributed by atoms with Crippen molar-refractivity contribution < 1.29 is 14.4 Å². The number of ether oxygens (including phenoxy) is 1. The average Bonchev–Trinajstić information content (AvgIpc) is 2.70. The summed E-state index contributed by atoms with van der Waals surface area (Å²) in [5.74, 6) is 0.834. The summed E-state index contributed by atoms with van der Waals surface area (Å²) < 4.78 is 7.75. The molecule has 2 aromatic carbocycles. The Bertz CT molecular complexity index is 973. The van der Waals surface area contributed by atoms with Gasteiger partial charge in [-0.1, -0.05) is 46.3 Å². The minimum absolute atomic E-state index is 0.0738. The molecular weight excluding hydrogens is 424 g/mol. The molecule has 0 saturated heterocycles. The van der Waals surface area contributed by atoms with Gasteiger partial charge >= 0.3 is 0 Å². The highest BCUT2D eigenvalue weighted by Crippen LogP contribution is 2.26. The van der Waals surface area contributed by atoms with Crippen LogP contribution in [0.3, 0.4) is 0 Å². The normalized spacial score (nSPS) is 11.5. The van der Waals surface area contributed by atoms with E-state index in [9.17, 15) is 5.11 Å². The van der Waals surface area contributed by atoms with Gasteiger partial charge < -0.3 is 15.2 Å². The predicted molar refractivity (Wildman–Crippen MR) is 116 cm³/mol. The van der Waals surface area contributed by atoms with Gasteiger partial charge in [0.25, 0.3) is 5.70 Å². The molecule has 0 spiro atoms. The van der Waals surface area contributed by atoms with Gasteiger partial charge in [0.05, 0.1) is 7.11 Å². The standard InChI is InChI=1S/C21H17BrN2O2S/c1-26-16-11-9-15(10-12-16)23-21(27)19(24-13-5-2-6-14-24)20(25)17-7-3-4-8-18(17)22/h2-14H,1H3,(H-,23,25,27)/p+1. The molecule has 0 unspecified atom stereocenters. The van der Waals surface area contributed by atoms with Gasteiger partial charge in [0.15, 0.2) is 23.1 Å². The molecular formula is C21H18BrN2O2S+. The van der Waals surface area contributed by atoms with Gasteiger partial charge in [-0.05, 0) is 36.4 Å². The summed E-state index contributed by atoms with van der Waals surface area (Å²) >= 11 is 9.11. The molecule has 2 N–H and O–H groups in total. The van der Waals surface area contributed by atoms with Crippen LogP contribution in [0.15, 0.2) is 83.6 Å². The summed E-state index contributed by atoms with van der Waals surface area (Å²) in [6, 6.07) is 20.6. The number of methoxy groups -OCH3 is 1. The van der Waals surface area contributed by atoms with Gasteiger partial charge in [0.2, 0.25) is 0 Å². The molecule has 0 fully saturated rings. The molecule has 136 valence electrons. The SMILES string of the molecule is COc1ccc(NC(=S)C(=C(O)c2ccccc2Br)[n+]2ccccc2)cc1. The van der Waals surface area contributed by atoms with E-state index in [1.54, 1.807) is 11.7 Å². The van der Waals surface area contributed by atoms with Crippen LogP contribution in [0.25, 0.3) is 11.5 Å². The molecule has 1 heterocycles. The number of aromatic nitrogens is 1. The van der Waals surface area contributed by atoms with E-state index in [1.165, 1.54) is 0 Å². The molecule has 27 heavy (non-hydrogen) atoms. The minimum Gasteiger partial charge on any atom is -0.502 e. The third-order valence-corrected chi connectivity index (χ3v) is 4.88. The largest absolute Gasteiger partial charge is 0.502 e. The second kappa shape index (κ2) is 8.79. The monoisotopic (exact) mass is 441 g/mol. The van der Waals surface area contributed by atoms with Gasteiger partial charge in [-0.15, -0.1) is 0 Å². The molecule has 3 aromatic rings. The number of anilines is 1. The van der Waals surface area contributed by atoms with E-state index >= 15 is 0 Å². The van der Waals surface area contributed by atoms with E-state index in [0.717, 1.165) is 15.9 Å². The van der Waals surface area contributed by atoms with Crippen LogP contribution in [-0.2, 0) is 0 Å². The van der Waals surface area contributed by atoms with Crippen molar-refractivity contribution in [3.8, 4) is 5.75 Å². The van der Waals surface area contributed by atoms with Gasteiger partial charge in [0.1, 0.15) is 5.75 Å². The first-order valence-electron chi connectivity index (χ1n) is 8.20. The fraction of sp³-hybridized carbons (Fsp3) is 0.0476. The molecule has 0 aliphatic rings. The fourth-order valence-electron chi connectivity index (χ4n) is 2.54. The first kappa shape index (κ1) is 19.1. The molecule has 3 rings (SSSR count). The summed E-state index contributed by atoms with van der Waals surface area (Å²) in [5, 5.41) is 14.2. The maximum Gasteiger partial charge on any atom is 0.288 e. The van der Waals surface area contributed by atoms with Crippen LogP contribution in [0.5, 0.6) is 5.75 Å². The van der Waals surface area contributed by atoms with E-state index in [4.69, 9.17) is 17.0 Å². The van der Waals surface area contributed by atoms with Crippen molar-refractivity contribution in [3.63, 3.8) is 0 Å². The summed E-state index contributed by atoms with van der Waals surface area (Å²) in [5.41, 5.74) is 1.94. The van der Waals surface area contributed by atoms with Crippen molar-refractivity contribution in [2.24, 2.45) is 0 Å². The number of aliphatic hydroxyl groups excluding tert-OH is 1. The summed E-state index contributed by atoms with van der Waals surface area (Å²) in [6.07, 6.45) is 3.68. The van der Waals surface area contributed by atoms with Gasteiger partial charge in [-0.3, -0.25) is 0 Å². The number of benzene rings is 2. The van der Waals surface area contributed by atoms with E-state index in [-0.39, 0.29) is 5.76 Å². The number of pyridine rings is 1. The maximum absolute atomic E-state index is 11.0. The molecule has 0 atom stereocenters. The van der Waals surface area contributed by atoms with Gasteiger partial charge in [0, 0.05) is 27.9 Å². The Morgan fingerprint density at radius 3 is 2.30 bits per heavy atom. The van der Waals surface area contributed by atoms with Crippen LogP contribution in [0.4, 0.5) is 5.69 Å². The molecule has 4 nitrogen and oxygen atoms in total. The lowest BCUT2D eigenvalue weighted by Crippen LogP contribution is -2.38. The third-order valence-electron chi connectivity index (χ3n) is 3.89. The first-order valence-corrected chi connectivity index (χ1v) is 9.40. The van der Waals surface area contributed by atoms with Crippen molar-refractivity contribution >= 4 is 50.3 Å². The van der Waals surface area contributed by atoms with Crippen LogP contribution < -0.4 is 14.6 Å². The minimum atomic E-state index is 0.0738. The fourth-order valence-corrected chi connectivity index (χ4v) is 3.33. The van der Waals surface area contributed by atoms with Crippen LogP contribution >= 0.6 is 28.1 Å². The van der Waals surface area contributed by atoms with E-state index in [0.29, 0.717) is 16.2 Å². The van der Waals surface area contributed by atoms with E-state index < -0.39 is 0 Å². The Kier molecular flexibility index (Phi) is 6.21.